The van der Waals surface area contributed by atoms with Crippen LogP contribution in [0.2, 0.25) is 0 Å². The molecule has 0 atom stereocenters. The van der Waals surface area contributed by atoms with Crippen molar-refractivity contribution >= 4 is 21.8 Å². The highest BCUT2D eigenvalue weighted by molar-refractivity contribution is 6.09. The van der Waals surface area contributed by atoms with Crippen molar-refractivity contribution in [1.29, 1.82) is 0 Å². The number of hydrogen-bond acceptors (Lipinski definition) is 2. The van der Waals surface area contributed by atoms with Crippen LogP contribution < -0.4 is 9.30 Å². The molecule has 0 saturated heterocycles. The number of nitrogens with zero attached hydrogens (tertiary/aromatic N) is 4. The van der Waals surface area contributed by atoms with E-state index in [4.69, 9.17) is 9.72 Å². The summed E-state index contributed by atoms with van der Waals surface area (Å²) in [6.45, 7) is 17.7. The van der Waals surface area contributed by atoms with Crippen LogP contribution in [0.25, 0.3) is 39.0 Å². The predicted molar refractivity (Wildman–Crippen MR) is 192 cm³/mol. The van der Waals surface area contributed by atoms with Crippen molar-refractivity contribution in [2.24, 2.45) is 0 Å². The second-order valence-electron chi connectivity index (χ2n) is 14.6. The summed E-state index contributed by atoms with van der Waals surface area (Å²) in [7, 11) is 0. The number of imidazole rings is 1. The molecule has 0 aliphatic rings. The fourth-order valence-corrected chi connectivity index (χ4v) is 6.31. The third-order valence-corrected chi connectivity index (χ3v) is 9.10. The number of rotatable bonds is 5. The Morgan fingerprint density at radius 3 is 2.23 bits per heavy atom. The van der Waals surface area contributed by atoms with Crippen LogP contribution in [0.1, 0.15) is 63.9 Å². The number of fused-ring (bicyclic) bond motifs is 3. The van der Waals surface area contributed by atoms with Crippen LogP contribution in [-0.4, -0.2) is 14.1 Å². The molecule has 7 rings (SSSR count). The zero-order valence-electron chi connectivity index (χ0n) is 28.6. The molecule has 4 aromatic carbocycles. The van der Waals surface area contributed by atoms with Gasteiger partial charge in [0.1, 0.15) is 17.3 Å². The lowest BCUT2D eigenvalue weighted by Gasteiger charge is -2.21. The number of ether oxygens (including phenoxy) is 1. The van der Waals surface area contributed by atoms with Gasteiger partial charge in [0.15, 0.2) is 0 Å². The Hall–Kier alpha value is -5.16. The van der Waals surface area contributed by atoms with E-state index in [0.717, 1.165) is 50.8 Å². The third kappa shape index (κ3) is 5.61. The maximum atomic E-state index is 6.60. The van der Waals surface area contributed by atoms with Crippen LogP contribution in [0.5, 0.6) is 11.5 Å². The van der Waals surface area contributed by atoms with Gasteiger partial charge in [0.2, 0.25) is 0 Å². The Morgan fingerprint density at radius 1 is 0.702 bits per heavy atom. The molecule has 0 amide bonds. The van der Waals surface area contributed by atoms with E-state index in [-0.39, 0.29) is 10.8 Å². The first kappa shape index (κ1) is 30.5. The summed E-state index contributed by atoms with van der Waals surface area (Å²) in [4.78, 5) is 4.83. The largest absolute Gasteiger partial charge is 0.458 e. The Kier molecular flexibility index (Phi) is 7.31. The predicted octanol–water partition coefficient (Wildman–Crippen LogP) is 10.1. The minimum absolute atomic E-state index is 0.0118. The first-order valence-electron chi connectivity index (χ1n) is 16.3. The highest BCUT2D eigenvalue weighted by atomic mass is 16.5. The average molecular weight is 619 g/mol. The fourth-order valence-electron chi connectivity index (χ4n) is 6.31. The number of aromatic nitrogens is 4. The summed E-state index contributed by atoms with van der Waals surface area (Å²) in [5.74, 6) is 2.43. The Labute approximate surface area is 277 Å². The number of benzene rings is 4. The number of pyridine rings is 1. The maximum Gasteiger partial charge on any atom is 0.269 e. The first-order valence-corrected chi connectivity index (χ1v) is 16.3. The van der Waals surface area contributed by atoms with Crippen molar-refractivity contribution in [3.05, 3.63) is 138 Å². The summed E-state index contributed by atoms with van der Waals surface area (Å²) in [6.07, 6.45) is 7.74. The molecule has 7 aromatic rings. The van der Waals surface area contributed by atoms with Gasteiger partial charge in [-0.05, 0) is 90.4 Å². The van der Waals surface area contributed by atoms with Crippen LogP contribution in [-0.2, 0) is 10.8 Å². The number of para-hydroxylation sites is 1. The molecular weight excluding hydrogens is 576 g/mol. The van der Waals surface area contributed by atoms with Gasteiger partial charge in [-0.2, -0.15) is 0 Å². The smallest absolute Gasteiger partial charge is 0.269 e. The normalized spacial score (nSPS) is 12.3. The summed E-state index contributed by atoms with van der Waals surface area (Å²) in [5, 5.41) is 2.35. The second kappa shape index (κ2) is 11.3. The molecule has 0 radical (unpaired) electrons. The SMILES string of the molecule is Cc1cccc(-[n+]2[c-]n(-c3cccc(Oc4ccc5c6ccccc6n(-c6cc(C(C)(C)C)ccn6)c5c4)c3)c(C(C)(C)C)c2)c1C. The van der Waals surface area contributed by atoms with E-state index >= 15 is 0 Å². The fraction of sp³-hybridized carbons (Fsp3) is 0.238. The van der Waals surface area contributed by atoms with Crippen molar-refractivity contribution in [3.63, 3.8) is 0 Å². The quantitative estimate of drug-likeness (QED) is 0.142. The molecule has 3 aromatic heterocycles. The van der Waals surface area contributed by atoms with E-state index in [1.165, 1.54) is 22.1 Å². The van der Waals surface area contributed by atoms with Gasteiger partial charge in [0, 0.05) is 29.2 Å². The molecule has 3 heterocycles. The molecule has 47 heavy (non-hydrogen) atoms. The summed E-state index contributed by atoms with van der Waals surface area (Å²) < 4.78 is 13.1. The van der Waals surface area contributed by atoms with Gasteiger partial charge in [-0.1, -0.05) is 83.5 Å². The van der Waals surface area contributed by atoms with E-state index in [2.05, 4.69) is 167 Å². The Morgan fingerprint density at radius 2 is 1.45 bits per heavy atom. The number of hydrogen-bond donors (Lipinski definition) is 0. The van der Waals surface area contributed by atoms with Crippen molar-refractivity contribution in [2.45, 2.75) is 66.2 Å². The molecular formula is C42H42N4O. The molecule has 5 nitrogen and oxygen atoms in total. The minimum atomic E-state index is -0.104. The van der Waals surface area contributed by atoms with Crippen LogP contribution in [0.3, 0.4) is 0 Å². The molecule has 0 unspecified atom stereocenters. The molecule has 0 N–H and O–H groups in total. The van der Waals surface area contributed by atoms with Crippen molar-refractivity contribution in [2.75, 3.05) is 0 Å². The summed E-state index contributed by atoms with van der Waals surface area (Å²) >= 11 is 0. The topological polar surface area (TPSA) is 35.9 Å². The number of aryl methyl sites for hydroxylation is 1. The summed E-state index contributed by atoms with van der Waals surface area (Å²) in [5.41, 5.74) is 9.12. The van der Waals surface area contributed by atoms with Gasteiger partial charge >= 0.3 is 0 Å². The van der Waals surface area contributed by atoms with Crippen LogP contribution in [0, 0.1) is 20.2 Å². The lowest BCUT2D eigenvalue weighted by Crippen LogP contribution is -2.30. The molecule has 0 bridgehead atoms. The van der Waals surface area contributed by atoms with E-state index in [1.54, 1.807) is 0 Å². The van der Waals surface area contributed by atoms with E-state index < -0.39 is 0 Å². The van der Waals surface area contributed by atoms with E-state index in [0.29, 0.717) is 0 Å². The van der Waals surface area contributed by atoms with Gasteiger partial charge in [-0.15, -0.1) is 0 Å². The highest BCUT2D eigenvalue weighted by Gasteiger charge is 2.23. The zero-order chi connectivity index (χ0) is 33.1. The van der Waals surface area contributed by atoms with Gasteiger partial charge < -0.3 is 4.74 Å². The van der Waals surface area contributed by atoms with Crippen LogP contribution >= 0.6 is 0 Å². The average Bonchev–Trinajstić information content (AvgIpc) is 3.63. The lowest BCUT2D eigenvalue weighted by atomic mass is 9.88. The molecule has 0 aliphatic carbocycles. The third-order valence-electron chi connectivity index (χ3n) is 9.10. The maximum absolute atomic E-state index is 6.60. The van der Waals surface area contributed by atoms with E-state index in [9.17, 15) is 0 Å². The first-order chi connectivity index (χ1) is 22.4. The van der Waals surface area contributed by atoms with E-state index in [1.807, 2.05) is 18.3 Å². The van der Waals surface area contributed by atoms with Gasteiger partial charge in [-0.25, -0.2) is 4.98 Å². The van der Waals surface area contributed by atoms with Crippen molar-refractivity contribution < 1.29 is 9.30 Å². The Bertz CT molecular complexity index is 2270. The van der Waals surface area contributed by atoms with Gasteiger partial charge in [0.25, 0.3) is 6.33 Å². The molecule has 236 valence electrons. The molecule has 0 aliphatic heterocycles. The van der Waals surface area contributed by atoms with Gasteiger partial charge in [0.05, 0.1) is 28.1 Å². The second-order valence-corrected chi connectivity index (χ2v) is 14.6. The molecule has 0 spiro atoms. The van der Waals surface area contributed by atoms with Crippen molar-refractivity contribution in [3.8, 4) is 28.7 Å². The molecule has 5 heteroatoms. The standard InChI is InChI=1S/C42H42N4O/c1-28-13-11-18-36(29(28)2)44-26-39(42(6,7)8)45(27-44)31-14-12-15-32(24-31)47-33-19-20-35-34-16-9-10-17-37(34)46(38(35)25-33)40-23-30(21-22-43-40)41(3,4)5/h9-26H,1-8H3. The molecule has 0 saturated carbocycles. The Balaban J connectivity index is 1.30. The van der Waals surface area contributed by atoms with Crippen LogP contribution in [0.15, 0.2) is 109 Å². The lowest BCUT2D eigenvalue weighted by molar-refractivity contribution is -0.600. The van der Waals surface area contributed by atoms with Crippen LogP contribution in [0.4, 0.5) is 0 Å². The minimum Gasteiger partial charge on any atom is -0.458 e. The zero-order valence-corrected chi connectivity index (χ0v) is 28.6. The van der Waals surface area contributed by atoms with Crippen molar-refractivity contribution in [1.82, 2.24) is 14.1 Å². The summed E-state index contributed by atoms with van der Waals surface area (Å²) in [6, 6.07) is 33.8. The van der Waals surface area contributed by atoms with Gasteiger partial charge in [-0.3, -0.25) is 13.7 Å². The molecule has 0 fully saturated rings. The highest BCUT2D eigenvalue weighted by Crippen LogP contribution is 2.36. The monoisotopic (exact) mass is 618 g/mol.